The first-order valence-corrected chi connectivity index (χ1v) is 8.90. The van der Waals surface area contributed by atoms with Gasteiger partial charge in [-0.2, -0.15) is 4.98 Å². The maximum atomic E-state index is 14.2. The molecule has 1 saturated heterocycles. The molecule has 1 aromatic carbocycles. The highest BCUT2D eigenvalue weighted by Crippen LogP contribution is 2.24. The highest BCUT2D eigenvalue weighted by Gasteiger charge is 2.19. The lowest BCUT2D eigenvalue weighted by Crippen LogP contribution is -2.37. The van der Waals surface area contributed by atoms with Gasteiger partial charge >= 0.3 is 5.97 Å². The zero-order chi connectivity index (χ0) is 20.2. The summed E-state index contributed by atoms with van der Waals surface area (Å²) < 4.78 is 19.5. The summed E-state index contributed by atoms with van der Waals surface area (Å²) in [4.78, 5) is 29.8. The van der Waals surface area contributed by atoms with Crippen LogP contribution in [0.3, 0.4) is 0 Å². The Morgan fingerprint density at radius 1 is 1.07 bits per heavy atom. The van der Waals surface area contributed by atoms with Crippen molar-refractivity contribution in [2.75, 3.05) is 36.5 Å². The number of ether oxygens (including phenoxy) is 1. The van der Waals surface area contributed by atoms with E-state index in [0.717, 1.165) is 6.20 Å². The number of nitrogens with zero attached hydrogens (tertiary/aromatic N) is 5. The summed E-state index contributed by atoms with van der Waals surface area (Å²) in [5.74, 6) is -1.30. The number of benzene rings is 1. The number of aromatic nitrogens is 4. The largest absolute Gasteiger partial charge is 0.478 e. The van der Waals surface area contributed by atoms with Gasteiger partial charge in [-0.3, -0.25) is 5.32 Å². The van der Waals surface area contributed by atoms with Crippen molar-refractivity contribution in [3.05, 3.63) is 54.1 Å². The number of aromatic carboxylic acids is 1. The van der Waals surface area contributed by atoms with Gasteiger partial charge in [0.2, 0.25) is 11.9 Å². The molecule has 29 heavy (non-hydrogen) atoms. The van der Waals surface area contributed by atoms with Gasteiger partial charge in [0.1, 0.15) is 5.56 Å². The van der Waals surface area contributed by atoms with Gasteiger partial charge in [-0.25, -0.2) is 24.1 Å². The molecule has 3 heterocycles. The predicted octanol–water partition coefficient (Wildman–Crippen LogP) is 2.35. The van der Waals surface area contributed by atoms with E-state index in [9.17, 15) is 14.3 Å². The second kappa shape index (κ2) is 8.15. The lowest BCUT2D eigenvalue weighted by atomic mass is 10.1. The Balaban J connectivity index is 1.65. The molecule has 148 valence electrons. The van der Waals surface area contributed by atoms with Crippen LogP contribution in [0, 0.1) is 5.82 Å². The molecule has 10 heteroatoms. The first-order valence-electron chi connectivity index (χ1n) is 8.90. The average Bonchev–Trinajstić information content (AvgIpc) is 2.76. The topological polar surface area (TPSA) is 113 Å². The standard InChI is InChI=1S/C19H17FN6O3/c20-14-11-22-19(24-16(14)26-6-8-29-9-7-26)25-18-21-10-13(17(27)28)15(23-18)12-4-2-1-3-5-12/h1-5,10-11H,6-9H2,(H,27,28)(H,21,22,23,24,25). The minimum absolute atomic E-state index is 0.0317. The van der Waals surface area contributed by atoms with Gasteiger partial charge in [-0.05, 0) is 0 Å². The van der Waals surface area contributed by atoms with Crippen LogP contribution in [0.15, 0.2) is 42.7 Å². The number of carboxylic acids is 1. The summed E-state index contributed by atoms with van der Waals surface area (Å²) in [6.07, 6.45) is 2.29. The molecule has 0 radical (unpaired) electrons. The van der Waals surface area contributed by atoms with Crippen molar-refractivity contribution < 1.29 is 19.0 Å². The van der Waals surface area contributed by atoms with Crippen LogP contribution in [0.25, 0.3) is 11.3 Å². The summed E-state index contributed by atoms with van der Waals surface area (Å²) in [5.41, 5.74) is 0.853. The Bertz CT molecular complexity index is 1030. The zero-order valence-electron chi connectivity index (χ0n) is 15.2. The minimum Gasteiger partial charge on any atom is -0.478 e. The molecule has 0 aliphatic carbocycles. The number of carbonyl (C=O) groups is 1. The van der Waals surface area contributed by atoms with Crippen LogP contribution in [-0.4, -0.2) is 57.3 Å². The molecule has 0 atom stereocenters. The molecule has 9 nitrogen and oxygen atoms in total. The summed E-state index contributed by atoms with van der Waals surface area (Å²) in [6, 6.07) is 8.90. The van der Waals surface area contributed by atoms with Gasteiger partial charge in [0.05, 0.1) is 25.1 Å². The quantitative estimate of drug-likeness (QED) is 0.671. The third-order valence-electron chi connectivity index (χ3n) is 4.33. The fourth-order valence-electron chi connectivity index (χ4n) is 2.93. The zero-order valence-corrected chi connectivity index (χ0v) is 15.2. The minimum atomic E-state index is -1.14. The van der Waals surface area contributed by atoms with Gasteiger partial charge in [0.15, 0.2) is 11.6 Å². The van der Waals surface area contributed by atoms with Crippen LogP contribution >= 0.6 is 0 Å². The van der Waals surface area contributed by atoms with Crippen molar-refractivity contribution in [2.45, 2.75) is 0 Å². The molecule has 1 fully saturated rings. The normalized spacial score (nSPS) is 13.9. The number of anilines is 3. The van der Waals surface area contributed by atoms with Gasteiger partial charge in [0, 0.05) is 24.8 Å². The number of carboxylic acid groups (broad SMARTS) is 1. The van der Waals surface area contributed by atoms with Crippen molar-refractivity contribution in [3.63, 3.8) is 0 Å². The van der Waals surface area contributed by atoms with E-state index in [1.54, 1.807) is 29.2 Å². The van der Waals surface area contributed by atoms with Gasteiger partial charge < -0.3 is 14.7 Å². The lowest BCUT2D eigenvalue weighted by Gasteiger charge is -2.28. The molecule has 0 bridgehead atoms. The van der Waals surface area contributed by atoms with Crippen LogP contribution in [0.2, 0.25) is 0 Å². The number of halogens is 1. The molecule has 4 rings (SSSR count). The number of morpholine rings is 1. The highest BCUT2D eigenvalue weighted by molar-refractivity contribution is 5.94. The summed E-state index contributed by atoms with van der Waals surface area (Å²) >= 11 is 0. The fourth-order valence-corrected chi connectivity index (χ4v) is 2.93. The van der Waals surface area contributed by atoms with Gasteiger partial charge in [0.25, 0.3) is 0 Å². The van der Waals surface area contributed by atoms with E-state index in [4.69, 9.17) is 4.74 Å². The average molecular weight is 396 g/mol. The Kier molecular flexibility index (Phi) is 5.25. The monoisotopic (exact) mass is 396 g/mol. The summed E-state index contributed by atoms with van der Waals surface area (Å²) in [6.45, 7) is 2.03. The summed E-state index contributed by atoms with van der Waals surface area (Å²) in [5, 5.41) is 12.3. The van der Waals surface area contributed by atoms with Crippen LogP contribution in [-0.2, 0) is 4.74 Å². The van der Waals surface area contributed by atoms with E-state index in [1.807, 2.05) is 6.07 Å². The lowest BCUT2D eigenvalue weighted by molar-refractivity contribution is 0.0697. The van der Waals surface area contributed by atoms with E-state index >= 15 is 0 Å². The van der Waals surface area contributed by atoms with E-state index in [0.29, 0.717) is 31.9 Å². The Labute approximate surface area is 165 Å². The number of hydrogen-bond acceptors (Lipinski definition) is 8. The van der Waals surface area contributed by atoms with Crippen LogP contribution in [0.1, 0.15) is 10.4 Å². The molecule has 0 amide bonds. The molecule has 0 saturated carbocycles. The van der Waals surface area contributed by atoms with E-state index in [-0.39, 0.29) is 29.0 Å². The first kappa shape index (κ1) is 18.7. The summed E-state index contributed by atoms with van der Waals surface area (Å²) in [7, 11) is 0. The maximum absolute atomic E-state index is 14.2. The Hall–Kier alpha value is -3.66. The van der Waals surface area contributed by atoms with E-state index in [2.05, 4.69) is 25.3 Å². The van der Waals surface area contributed by atoms with Crippen LogP contribution in [0.4, 0.5) is 22.1 Å². The van der Waals surface area contributed by atoms with Crippen molar-refractivity contribution in [2.24, 2.45) is 0 Å². The SMILES string of the molecule is O=C(O)c1cnc(Nc2ncc(F)c(N3CCOCC3)n2)nc1-c1ccccc1. The van der Waals surface area contributed by atoms with Gasteiger partial charge in [-0.15, -0.1) is 0 Å². The Morgan fingerprint density at radius 3 is 2.48 bits per heavy atom. The molecule has 3 aromatic rings. The third kappa shape index (κ3) is 4.11. The van der Waals surface area contributed by atoms with Crippen LogP contribution in [0.5, 0.6) is 0 Å². The molecule has 1 aliphatic rings. The predicted molar refractivity (Wildman–Crippen MR) is 103 cm³/mol. The van der Waals surface area contributed by atoms with Crippen molar-refractivity contribution >= 4 is 23.7 Å². The molecule has 0 spiro atoms. The maximum Gasteiger partial charge on any atom is 0.339 e. The highest BCUT2D eigenvalue weighted by atomic mass is 19.1. The van der Waals surface area contributed by atoms with Crippen molar-refractivity contribution in [1.29, 1.82) is 0 Å². The number of hydrogen-bond donors (Lipinski definition) is 2. The third-order valence-corrected chi connectivity index (χ3v) is 4.33. The number of nitrogens with one attached hydrogen (secondary N) is 1. The molecular formula is C19H17FN6O3. The second-order valence-corrected chi connectivity index (χ2v) is 6.22. The van der Waals surface area contributed by atoms with Gasteiger partial charge in [-0.1, -0.05) is 30.3 Å². The molecular weight excluding hydrogens is 379 g/mol. The fraction of sp³-hybridized carbons (Fsp3) is 0.211. The first-order chi connectivity index (χ1) is 14.1. The number of rotatable bonds is 5. The molecule has 2 N–H and O–H groups in total. The van der Waals surface area contributed by atoms with Crippen molar-refractivity contribution in [1.82, 2.24) is 19.9 Å². The van der Waals surface area contributed by atoms with Crippen molar-refractivity contribution in [3.8, 4) is 11.3 Å². The van der Waals surface area contributed by atoms with Crippen LogP contribution < -0.4 is 10.2 Å². The van der Waals surface area contributed by atoms with E-state index < -0.39 is 11.8 Å². The Morgan fingerprint density at radius 2 is 1.76 bits per heavy atom. The van der Waals surface area contributed by atoms with E-state index in [1.165, 1.54) is 6.20 Å². The second-order valence-electron chi connectivity index (χ2n) is 6.22. The molecule has 1 aliphatic heterocycles. The molecule has 0 unspecified atom stereocenters. The smallest absolute Gasteiger partial charge is 0.339 e. The molecule has 2 aromatic heterocycles.